The molecule has 0 amide bonds. The molecule has 1 N–H and O–H groups in total. The van der Waals surface area contributed by atoms with Crippen LogP contribution in [0.1, 0.15) is 43.9 Å². The number of aromatic carboxylic acids is 1. The third kappa shape index (κ3) is 3.68. The molecule has 0 aliphatic rings. The second-order valence-corrected chi connectivity index (χ2v) is 6.37. The van der Waals surface area contributed by atoms with Gasteiger partial charge in [-0.05, 0) is 23.5 Å². The Morgan fingerprint density at radius 1 is 1.29 bits per heavy atom. The Morgan fingerprint density at radius 3 is 2.43 bits per heavy atom. The summed E-state index contributed by atoms with van der Waals surface area (Å²) >= 11 is 0. The van der Waals surface area contributed by atoms with Crippen LogP contribution in [0.5, 0.6) is 0 Å². The fourth-order valence-corrected chi connectivity index (χ4v) is 1.79. The smallest absolute Gasteiger partial charge is 0.335 e. The molecule has 1 aromatic heterocycles. The second kappa shape index (κ2) is 5.68. The van der Waals surface area contributed by atoms with E-state index in [0.29, 0.717) is 17.6 Å². The van der Waals surface area contributed by atoms with Crippen molar-refractivity contribution in [2.75, 3.05) is 0 Å². The highest BCUT2D eigenvalue weighted by molar-refractivity contribution is 5.88. The Hall–Kier alpha value is -2.17. The van der Waals surface area contributed by atoms with Crippen LogP contribution >= 0.6 is 0 Å². The molecule has 0 aliphatic heterocycles. The van der Waals surface area contributed by atoms with Crippen LogP contribution in [0, 0.1) is 11.3 Å². The number of rotatable bonds is 4. The van der Waals surface area contributed by atoms with Gasteiger partial charge >= 0.3 is 5.97 Å². The van der Waals surface area contributed by atoms with Crippen LogP contribution in [-0.4, -0.2) is 21.2 Å². The van der Waals surface area contributed by atoms with E-state index in [1.807, 2.05) is 0 Å². The average Bonchev–Trinajstić information content (AvgIpc) is 2.86. The minimum Gasteiger partial charge on any atom is -0.478 e. The Balaban J connectivity index is 2.14. The fraction of sp³-hybridized carbons (Fsp3) is 0.438. The van der Waals surface area contributed by atoms with Gasteiger partial charge in [-0.1, -0.05) is 45.0 Å². The molecule has 21 heavy (non-hydrogen) atoms. The van der Waals surface area contributed by atoms with Crippen molar-refractivity contribution < 1.29 is 14.4 Å². The number of benzene rings is 1. The molecular weight excluding hydrogens is 268 g/mol. The van der Waals surface area contributed by atoms with E-state index in [1.165, 1.54) is 12.1 Å². The SMILES string of the molecule is CC(Cc1nc(-c2ccc(C(=O)O)cc2)no1)C(C)(C)C. The van der Waals surface area contributed by atoms with Crippen LogP contribution in [0.15, 0.2) is 28.8 Å². The summed E-state index contributed by atoms with van der Waals surface area (Å²) in [6.45, 7) is 8.70. The number of hydrogen-bond donors (Lipinski definition) is 1. The van der Waals surface area contributed by atoms with Crippen LogP contribution in [0.4, 0.5) is 0 Å². The van der Waals surface area contributed by atoms with E-state index in [-0.39, 0.29) is 11.0 Å². The largest absolute Gasteiger partial charge is 0.478 e. The summed E-state index contributed by atoms with van der Waals surface area (Å²) in [7, 11) is 0. The molecule has 5 heteroatoms. The number of aromatic nitrogens is 2. The maximum absolute atomic E-state index is 10.8. The maximum Gasteiger partial charge on any atom is 0.335 e. The third-order valence-electron chi connectivity index (χ3n) is 3.82. The molecule has 0 bridgehead atoms. The second-order valence-electron chi connectivity index (χ2n) is 6.37. The van der Waals surface area contributed by atoms with Gasteiger partial charge in [0.2, 0.25) is 11.7 Å². The first kappa shape index (κ1) is 15.2. The summed E-state index contributed by atoms with van der Waals surface area (Å²) in [5.74, 6) is 0.562. The quantitative estimate of drug-likeness (QED) is 0.929. The number of carboxylic acids is 1. The molecule has 1 aromatic carbocycles. The first-order chi connectivity index (χ1) is 9.77. The molecule has 0 spiro atoms. The van der Waals surface area contributed by atoms with Crippen molar-refractivity contribution in [2.24, 2.45) is 11.3 Å². The predicted molar refractivity (Wildman–Crippen MR) is 79.0 cm³/mol. The number of nitrogens with zero attached hydrogens (tertiary/aromatic N) is 2. The maximum atomic E-state index is 10.8. The van der Waals surface area contributed by atoms with Gasteiger partial charge in [0.25, 0.3) is 0 Å². The van der Waals surface area contributed by atoms with Gasteiger partial charge < -0.3 is 9.63 Å². The zero-order chi connectivity index (χ0) is 15.6. The van der Waals surface area contributed by atoms with Gasteiger partial charge in [0.1, 0.15) is 0 Å². The molecule has 0 saturated heterocycles. The molecule has 0 fully saturated rings. The van der Waals surface area contributed by atoms with E-state index in [4.69, 9.17) is 9.63 Å². The summed E-state index contributed by atoms with van der Waals surface area (Å²) in [6.07, 6.45) is 0.726. The molecule has 0 aliphatic carbocycles. The van der Waals surface area contributed by atoms with E-state index in [9.17, 15) is 4.79 Å². The van der Waals surface area contributed by atoms with Gasteiger partial charge in [0, 0.05) is 12.0 Å². The highest BCUT2D eigenvalue weighted by Gasteiger charge is 2.22. The van der Waals surface area contributed by atoms with Crippen molar-refractivity contribution in [1.29, 1.82) is 0 Å². The third-order valence-corrected chi connectivity index (χ3v) is 3.82. The summed E-state index contributed by atoms with van der Waals surface area (Å²) in [5.41, 5.74) is 1.17. The lowest BCUT2D eigenvalue weighted by atomic mass is 9.80. The first-order valence-electron chi connectivity index (χ1n) is 6.93. The summed E-state index contributed by atoms with van der Waals surface area (Å²) in [5, 5.41) is 12.8. The average molecular weight is 288 g/mol. The molecule has 1 unspecified atom stereocenters. The van der Waals surface area contributed by atoms with Crippen molar-refractivity contribution in [1.82, 2.24) is 10.1 Å². The van der Waals surface area contributed by atoms with Gasteiger partial charge in [0.05, 0.1) is 5.56 Å². The van der Waals surface area contributed by atoms with Crippen LogP contribution in [-0.2, 0) is 6.42 Å². The molecule has 1 heterocycles. The Morgan fingerprint density at radius 2 is 1.90 bits per heavy atom. The van der Waals surface area contributed by atoms with E-state index in [2.05, 4.69) is 37.8 Å². The molecule has 0 radical (unpaired) electrons. The minimum absolute atomic E-state index is 0.178. The number of carboxylic acid groups (broad SMARTS) is 1. The summed E-state index contributed by atoms with van der Waals surface area (Å²) in [4.78, 5) is 15.2. The lowest BCUT2D eigenvalue weighted by Crippen LogP contribution is -2.19. The standard InChI is InChI=1S/C16H20N2O3/c1-10(16(2,3)4)9-13-17-14(18-21-13)11-5-7-12(8-6-11)15(19)20/h5-8,10H,9H2,1-4H3,(H,19,20). The zero-order valence-electron chi connectivity index (χ0n) is 12.8. The minimum atomic E-state index is -0.950. The van der Waals surface area contributed by atoms with Gasteiger partial charge in [-0.25, -0.2) is 4.79 Å². The molecule has 112 valence electrons. The van der Waals surface area contributed by atoms with Gasteiger partial charge in [-0.15, -0.1) is 0 Å². The first-order valence-corrected chi connectivity index (χ1v) is 6.93. The van der Waals surface area contributed by atoms with E-state index in [1.54, 1.807) is 12.1 Å². The van der Waals surface area contributed by atoms with E-state index < -0.39 is 5.97 Å². The summed E-state index contributed by atoms with van der Waals surface area (Å²) in [6, 6.07) is 6.44. The highest BCUT2D eigenvalue weighted by Crippen LogP contribution is 2.28. The van der Waals surface area contributed by atoms with Gasteiger partial charge in [-0.2, -0.15) is 4.98 Å². The molecule has 0 saturated carbocycles. The van der Waals surface area contributed by atoms with Crippen molar-refractivity contribution in [3.8, 4) is 11.4 Å². The van der Waals surface area contributed by atoms with Crippen LogP contribution in [0.2, 0.25) is 0 Å². The lowest BCUT2D eigenvalue weighted by Gasteiger charge is -2.25. The summed E-state index contributed by atoms with van der Waals surface area (Å²) < 4.78 is 5.29. The van der Waals surface area contributed by atoms with E-state index >= 15 is 0 Å². The van der Waals surface area contributed by atoms with Crippen LogP contribution in [0.3, 0.4) is 0 Å². The number of carbonyl (C=O) groups is 1. The normalized spacial score (nSPS) is 13.1. The van der Waals surface area contributed by atoms with Crippen molar-refractivity contribution in [2.45, 2.75) is 34.1 Å². The Labute approximate surface area is 124 Å². The lowest BCUT2D eigenvalue weighted by molar-refractivity contribution is 0.0697. The molecule has 2 aromatic rings. The van der Waals surface area contributed by atoms with Crippen molar-refractivity contribution in [3.63, 3.8) is 0 Å². The Bertz CT molecular complexity index is 624. The molecular formula is C16H20N2O3. The Kier molecular flexibility index (Phi) is 4.11. The molecule has 2 rings (SSSR count). The zero-order valence-corrected chi connectivity index (χ0v) is 12.8. The van der Waals surface area contributed by atoms with Gasteiger partial charge in [0.15, 0.2) is 0 Å². The van der Waals surface area contributed by atoms with Crippen molar-refractivity contribution in [3.05, 3.63) is 35.7 Å². The molecule has 1 atom stereocenters. The number of hydrogen-bond acceptors (Lipinski definition) is 4. The van der Waals surface area contributed by atoms with E-state index in [0.717, 1.165) is 12.0 Å². The van der Waals surface area contributed by atoms with Crippen LogP contribution in [0.25, 0.3) is 11.4 Å². The molecule has 5 nitrogen and oxygen atoms in total. The predicted octanol–water partition coefficient (Wildman–Crippen LogP) is 3.66. The fourth-order valence-electron chi connectivity index (χ4n) is 1.79. The van der Waals surface area contributed by atoms with Gasteiger partial charge in [-0.3, -0.25) is 0 Å². The van der Waals surface area contributed by atoms with Crippen molar-refractivity contribution >= 4 is 5.97 Å². The monoisotopic (exact) mass is 288 g/mol. The van der Waals surface area contributed by atoms with Crippen LogP contribution < -0.4 is 0 Å². The topological polar surface area (TPSA) is 76.2 Å². The highest BCUT2D eigenvalue weighted by atomic mass is 16.5.